The Morgan fingerprint density at radius 1 is 1.12 bits per heavy atom. The largest absolute Gasteiger partial charge is 0.493 e. The molecule has 0 aromatic heterocycles. The molecular formula is C19H21IO4. The van der Waals surface area contributed by atoms with Gasteiger partial charge in [0.05, 0.1) is 18.8 Å². The third-order valence-corrected chi connectivity index (χ3v) is 4.06. The lowest BCUT2D eigenvalue weighted by Crippen LogP contribution is -2.02. The maximum atomic E-state index is 11.2. The van der Waals surface area contributed by atoms with E-state index in [1.54, 1.807) is 18.2 Å². The smallest absolute Gasteiger partial charge is 0.335 e. The molecule has 0 radical (unpaired) electrons. The zero-order chi connectivity index (χ0) is 17.7. The number of hydrogen-bond donors (Lipinski definition) is 1. The molecule has 0 saturated heterocycles. The van der Waals surface area contributed by atoms with Gasteiger partial charge in [0.2, 0.25) is 0 Å². The first kappa shape index (κ1) is 18.6. The van der Waals surface area contributed by atoms with Crippen LogP contribution in [0.5, 0.6) is 11.5 Å². The van der Waals surface area contributed by atoms with Crippen LogP contribution in [0, 0.1) is 13.8 Å². The number of carboxylic acids is 1. The number of aryl methyl sites for hydroxylation is 2. The van der Waals surface area contributed by atoms with E-state index in [1.807, 2.05) is 32.9 Å². The van der Waals surface area contributed by atoms with Gasteiger partial charge in [-0.3, -0.25) is 0 Å². The van der Waals surface area contributed by atoms with Crippen LogP contribution in [0.1, 0.15) is 28.4 Å². The Kier molecular flexibility index (Phi) is 6.48. The van der Waals surface area contributed by atoms with Gasteiger partial charge in [-0.25, -0.2) is 4.79 Å². The lowest BCUT2D eigenvalue weighted by molar-refractivity contribution is 0.0696. The molecule has 0 bridgehead atoms. The Labute approximate surface area is 155 Å². The third kappa shape index (κ3) is 4.20. The molecule has 4 nitrogen and oxygen atoms in total. The molecule has 0 unspecified atom stereocenters. The second-order valence-corrected chi connectivity index (χ2v) is 6.50. The highest BCUT2D eigenvalue weighted by Gasteiger charge is 2.14. The Morgan fingerprint density at radius 2 is 1.79 bits per heavy atom. The molecular weight excluding hydrogens is 419 g/mol. The average Bonchev–Trinajstić information content (AvgIpc) is 2.54. The number of hydrogen-bond acceptors (Lipinski definition) is 3. The van der Waals surface area contributed by atoms with Gasteiger partial charge in [-0.2, -0.15) is 0 Å². The SMILES string of the molecule is CCOc1cc(C(=O)O)ccc1-c1cc(C)c(OCCI)c(C)c1. The summed E-state index contributed by atoms with van der Waals surface area (Å²) in [5, 5.41) is 9.17. The van der Waals surface area contributed by atoms with E-state index in [9.17, 15) is 9.90 Å². The maximum Gasteiger partial charge on any atom is 0.335 e. The van der Waals surface area contributed by atoms with Crippen molar-refractivity contribution in [3.8, 4) is 22.6 Å². The monoisotopic (exact) mass is 440 g/mol. The number of benzene rings is 2. The zero-order valence-corrected chi connectivity index (χ0v) is 16.2. The zero-order valence-electron chi connectivity index (χ0n) is 14.1. The van der Waals surface area contributed by atoms with Gasteiger partial charge in [0.25, 0.3) is 0 Å². The fourth-order valence-corrected chi connectivity index (χ4v) is 2.86. The second kappa shape index (κ2) is 8.37. The standard InChI is InChI=1S/C19H21IO4/c1-4-23-17-11-14(19(21)22)5-6-16(17)15-9-12(2)18(13(3)10-15)24-8-7-20/h5-6,9-11H,4,7-8H2,1-3H3,(H,21,22). The summed E-state index contributed by atoms with van der Waals surface area (Å²) < 4.78 is 12.4. The molecule has 128 valence electrons. The maximum absolute atomic E-state index is 11.2. The Hall–Kier alpha value is -1.76. The molecule has 2 aromatic rings. The van der Waals surface area contributed by atoms with E-state index in [0.29, 0.717) is 19.0 Å². The molecule has 0 fully saturated rings. The molecule has 0 saturated carbocycles. The van der Waals surface area contributed by atoms with Gasteiger partial charge in [0.1, 0.15) is 11.5 Å². The van der Waals surface area contributed by atoms with Crippen molar-refractivity contribution in [2.24, 2.45) is 0 Å². The van der Waals surface area contributed by atoms with Crippen molar-refractivity contribution in [1.82, 2.24) is 0 Å². The molecule has 2 aromatic carbocycles. The Morgan fingerprint density at radius 3 is 2.33 bits per heavy atom. The van der Waals surface area contributed by atoms with Crippen LogP contribution < -0.4 is 9.47 Å². The van der Waals surface area contributed by atoms with Gasteiger partial charge >= 0.3 is 5.97 Å². The molecule has 24 heavy (non-hydrogen) atoms. The van der Waals surface area contributed by atoms with Gasteiger partial charge in [-0.15, -0.1) is 0 Å². The predicted molar refractivity (Wildman–Crippen MR) is 104 cm³/mol. The first-order valence-corrected chi connectivity index (χ1v) is 9.31. The van der Waals surface area contributed by atoms with Gasteiger partial charge in [-0.1, -0.05) is 22.6 Å². The highest BCUT2D eigenvalue weighted by Crippen LogP contribution is 2.35. The number of aromatic carboxylic acids is 1. The summed E-state index contributed by atoms with van der Waals surface area (Å²) >= 11 is 2.29. The molecule has 0 amide bonds. The molecule has 0 spiro atoms. The number of halogens is 1. The van der Waals surface area contributed by atoms with Crippen LogP contribution in [-0.4, -0.2) is 28.7 Å². The van der Waals surface area contributed by atoms with E-state index < -0.39 is 5.97 Å². The van der Waals surface area contributed by atoms with Crippen LogP contribution in [-0.2, 0) is 0 Å². The third-order valence-electron chi connectivity index (χ3n) is 3.62. The first-order chi connectivity index (χ1) is 11.5. The molecule has 0 aliphatic carbocycles. The molecule has 0 heterocycles. The molecule has 0 aliphatic heterocycles. The van der Waals surface area contributed by atoms with Crippen molar-refractivity contribution in [2.45, 2.75) is 20.8 Å². The van der Waals surface area contributed by atoms with Crippen molar-refractivity contribution in [3.05, 3.63) is 47.0 Å². The molecule has 5 heteroatoms. The van der Waals surface area contributed by atoms with Gasteiger partial charge in [0.15, 0.2) is 0 Å². The topological polar surface area (TPSA) is 55.8 Å². The molecule has 2 rings (SSSR count). The minimum absolute atomic E-state index is 0.220. The summed E-state index contributed by atoms with van der Waals surface area (Å²) in [5.41, 5.74) is 4.21. The second-order valence-electron chi connectivity index (χ2n) is 5.43. The fourth-order valence-electron chi connectivity index (χ4n) is 2.64. The van der Waals surface area contributed by atoms with Crippen molar-refractivity contribution in [1.29, 1.82) is 0 Å². The Balaban J connectivity index is 2.49. The van der Waals surface area contributed by atoms with Crippen LogP contribution in [0.25, 0.3) is 11.1 Å². The first-order valence-electron chi connectivity index (χ1n) is 7.78. The lowest BCUT2D eigenvalue weighted by Gasteiger charge is -2.16. The van der Waals surface area contributed by atoms with Crippen LogP contribution in [0.3, 0.4) is 0 Å². The van der Waals surface area contributed by atoms with Crippen molar-refractivity contribution in [3.63, 3.8) is 0 Å². The average molecular weight is 440 g/mol. The van der Waals surface area contributed by atoms with Crippen molar-refractivity contribution in [2.75, 3.05) is 17.6 Å². The molecule has 0 aliphatic rings. The normalized spacial score (nSPS) is 10.5. The molecule has 0 atom stereocenters. The number of rotatable bonds is 7. The van der Waals surface area contributed by atoms with Gasteiger partial charge in [0, 0.05) is 9.99 Å². The highest BCUT2D eigenvalue weighted by atomic mass is 127. The predicted octanol–water partition coefficient (Wildman–Crippen LogP) is 4.88. The lowest BCUT2D eigenvalue weighted by atomic mass is 9.98. The summed E-state index contributed by atoms with van der Waals surface area (Å²) in [5.74, 6) is 0.532. The van der Waals surface area contributed by atoms with Crippen LogP contribution >= 0.6 is 22.6 Å². The summed E-state index contributed by atoms with van der Waals surface area (Å²) in [4.78, 5) is 11.2. The quantitative estimate of drug-likeness (QED) is 0.493. The van der Waals surface area contributed by atoms with E-state index >= 15 is 0 Å². The van der Waals surface area contributed by atoms with E-state index in [1.165, 1.54) is 0 Å². The fraction of sp³-hybridized carbons (Fsp3) is 0.316. The number of carbonyl (C=O) groups is 1. The minimum Gasteiger partial charge on any atom is -0.493 e. The summed E-state index contributed by atoms with van der Waals surface area (Å²) in [6.45, 7) is 7.08. The van der Waals surface area contributed by atoms with Crippen LogP contribution in [0.4, 0.5) is 0 Å². The van der Waals surface area contributed by atoms with Gasteiger partial charge < -0.3 is 14.6 Å². The van der Waals surface area contributed by atoms with E-state index in [4.69, 9.17) is 9.47 Å². The van der Waals surface area contributed by atoms with Gasteiger partial charge in [-0.05, 0) is 67.8 Å². The summed E-state index contributed by atoms with van der Waals surface area (Å²) in [6, 6.07) is 9.08. The van der Waals surface area contributed by atoms with Crippen LogP contribution in [0.2, 0.25) is 0 Å². The van der Waals surface area contributed by atoms with Crippen LogP contribution in [0.15, 0.2) is 30.3 Å². The highest BCUT2D eigenvalue weighted by molar-refractivity contribution is 14.1. The summed E-state index contributed by atoms with van der Waals surface area (Å²) in [6.07, 6.45) is 0. The van der Waals surface area contributed by atoms with Crippen molar-refractivity contribution < 1.29 is 19.4 Å². The van der Waals surface area contributed by atoms with Crippen molar-refractivity contribution >= 4 is 28.6 Å². The number of ether oxygens (including phenoxy) is 2. The number of carboxylic acid groups (broad SMARTS) is 1. The van der Waals surface area contributed by atoms with E-state index in [0.717, 1.165) is 32.4 Å². The Bertz CT molecular complexity index is 717. The number of alkyl halides is 1. The molecule has 1 N–H and O–H groups in total. The minimum atomic E-state index is -0.961. The van der Waals surface area contributed by atoms with E-state index in [2.05, 4.69) is 22.6 Å². The van der Waals surface area contributed by atoms with E-state index in [-0.39, 0.29) is 5.56 Å². The summed E-state index contributed by atoms with van der Waals surface area (Å²) in [7, 11) is 0.